The van der Waals surface area contributed by atoms with E-state index < -0.39 is 25.9 Å². The molecular weight excluding hydrogens is 366 g/mol. The van der Waals surface area contributed by atoms with Gasteiger partial charge in [0, 0.05) is 33.8 Å². The maximum absolute atomic E-state index is 12.8. The van der Waals surface area contributed by atoms with E-state index in [0.29, 0.717) is 12.0 Å². The van der Waals surface area contributed by atoms with Crippen LogP contribution in [0.15, 0.2) is 29.2 Å². The predicted octanol–water partition coefficient (Wildman–Crippen LogP) is 0.0428. The highest BCUT2D eigenvalue weighted by molar-refractivity contribution is 7.91. The fraction of sp³-hybridized carbons (Fsp3) is 0.533. The largest absolute Gasteiger partial charge is 0.268 e. The van der Waals surface area contributed by atoms with Crippen LogP contribution >= 0.6 is 0 Å². The number of sulfonamides is 1. The zero-order chi connectivity index (χ0) is 19.0. The zero-order valence-electron chi connectivity index (χ0n) is 14.7. The van der Waals surface area contributed by atoms with E-state index in [2.05, 4.69) is 0 Å². The van der Waals surface area contributed by atoms with Gasteiger partial charge in [-0.1, -0.05) is 0 Å². The summed E-state index contributed by atoms with van der Waals surface area (Å²) in [7, 11) is -0.484. The van der Waals surface area contributed by atoms with Gasteiger partial charge in [0.1, 0.15) is 0 Å². The summed E-state index contributed by atoms with van der Waals surface area (Å²) >= 11 is 0. The lowest BCUT2D eigenvalue weighted by Crippen LogP contribution is -2.49. The van der Waals surface area contributed by atoms with Gasteiger partial charge in [-0.2, -0.15) is 0 Å². The molecule has 1 aromatic carbocycles. The second-order valence-electron chi connectivity index (χ2n) is 6.37. The summed E-state index contributed by atoms with van der Waals surface area (Å²) in [5.74, 6) is -0.361. The minimum atomic E-state index is -3.57. The molecule has 0 radical (unpaired) electrons. The van der Waals surface area contributed by atoms with Gasteiger partial charge in [-0.15, -0.1) is 0 Å². The third-order valence-electron chi connectivity index (χ3n) is 4.07. The van der Waals surface area contributed by atoms with E-state index in [0.717, 1.165) is 4.31 Å². The standard InChI is InChI=1S/C15H23N3O5S2/c1-16(2)18(13-9-10-24(20,21)11-13)15(19)12-5-7-14(8-6-12)25(22,23)17(3)4/h5-8,13H,9-11H2,1-4H3. The van der Waals surface area contributed by atoms with Gasteiger partial charge < -0.3 is 0 Å². The second-order valence-corrected chi connectivity index (χ2v) is 10.7. The number of sulfone groups is 1. The van der Waals surface area contributed by atoms with Crippen molar-refractivity contribution in [3.05, 3.63) is 29.8 Å². The van der Waals surface area contributed by atoms with Gasteiger partial charge in [-0.3, -0.25) is 9.80 Å². The molecule has 0 N–H and O–H groups in total. The number of nitrogens with zero attached hydrogens (tertiary/aromatic N) is 3. The van der Waals surface area contributed by atoms with E-state index >= 15 is 0 Å². The van der Waals surface area contributed by atoms with E-state index in [-0.39, 0.29) is 22.3 Å². The monoisotopic (exact) mass is 389 g/mol. The first-order chi connectivity index (χ1) is 11.5. The molecule has 8 nitrogen and oxygen atoms in total. The summed E-state index contributed by atoms with van der Waals surface area (Å²) in [6.45, 7) is 0. The molecule has 25 heavy (non-hydrogen) atoms. The molecule has 10 heteroatoms. The van der Waals surface area contributed by atoms with Crippen LogP contribution in [0.25, 0.3) is 0 Å². The molecule has 1 aliphatic heterocycles. The van der Waals surface area contributed by atoms with Crippen LogP contribution in [0.1, 0.15) is 16.8 Å². The molecule has 1 unspecified atom stereocenters. The topological polar surface area (TPSA) is 95.1 Å². The van der Waals surface area contributed by atoms with Crippen LogP contribution in [0, 0.1) is 0 Å². The van der Waals surface area contributed by atoms with Gasteiger partial charge in [-0.25, -0.2) is 26.1 Å². The minimum Gasteiger partial charge on any atom is -0.268 e. The average molecular weight is 389 g/mol. The second kappa shape index (κ2) is 7.02. The first kappa shape index (κ1) is 19.8. The number of hydrogen-bond acceptors (Lipinski definition) is 6. The summed E-state index contributed by atoms with van der Waals surface area (Å²) in [4.78, 5) is 12.9. The Kier molecular flexibility index (Phi) is 5.57. The Morgan fingerprint density at radius 2 is 1.64 bits per heavy atom. The third kappa shape index (κ3) is 4.20. The quantitative estimate of drug-likeness (QED) is 0.660. The van der Waals surface area contributed by atoms with E-state index in [1.165, 1.54) is 43.4 Å². The Balaban J connectivity index is 2.29. The van der Waals surface area contributed by atoms with Crippen molar-refractivity contribution in [1.29, 1.82) is 0 Å². The Bertz CT molecular complexity index is 846. The number of benzene rings is 1. The zero-order valence-corrected chi connectivity index (χ0v) is 16.3. The molecule has 1 heterocycles. The normalized spacial score (nSPS) is 20.2. The third-order valence-corrected chi connectivity index (χ3v) is 7.65. The molecule has 140 valence electrons. The van der Waals surface area contributed by atoms with Crippen molar-refractivity contribution in [2.45, 2.75) is 17.4 Å². The Morgan fingerprint density at radius 3 is 2.04 bits per heavy atom. The molecule has 1 aromatic rings. The lowest BCUT2D eigenvalue weighted by Gasteiger charge is -2.33. The highest BCUT2D eigenvalue weighted by atomic mass is 32.2. The van der Waals surface area contributed by atoms with Crippen LogP contribution in [-0.4, -0.2) is 82.8 Å². The van der Waals surface area contributed by atoms with Gasteiger partial charge in [-0.05, 0) is 30.7 Å². The van der Waals surface area contributed by atoms with Crippen molar-refractivity contribution in [3.8, 4) is 0 Å². The van der Waals surface area contributed by atoms with Crippen molar-refractivity contribution in [3.63, 3.8) is 0 Å². The minimum absolute atomic E-state index is 0.0648. The molecule has 0 bridgehead atoms. The smallest absolute Gasteiger partial charge is 0.268 e. The lowest BCUT2D eigenvalue weighted by molar-refractivity contribution is 0.00100. The number of hydrogen-bond donors (Lipinski definition) is 0. The van der Waals surface area contributed by atoms with E-state index in [1.54, 1.807) is 19.1 Å². The van der Waals surface area contributed by atoms with E-state index in [9.17, 15) is 21.6 Å². The van der Waals surface area contributed by atoms with Crippen LogP contribution in [0.2, 0.25) is 0 Å². The first-order valence-electron chi connectivity index (χ1n) is 7.69. The molecule has 0 aliphatic carbocycles. The molecule has 1 atom stereocenters. The molecule has 1 amide bonds. The van der Waals surface area contributed by atoms with Crippen molar-refractivity contribution in [2.24, 2.45) is 0 Å². The van der Waals surface area contributed by atoms with Gasteiger partial charge in [0.05, 0.1) is 22.4 Å². The number of amides is 1. The highest BCUT2D eigenvalue weighted by Crippen LogP contribution is 2.22. The SMILES string of the molecule is CN(C)N(C(=O)c1ccc(S(=O)(=O)N(C)C)cc1)C1CCS(=O)(=O)C1. The van der Waals surface area contributed by atoms with Gasteiger partial charge in [0.25, 0.3) is 5.91 Å². The number of carbonyl (C=O) groups excluding carboxylic acids is 1. The molecule has 0 saturated carbocycles. The number of hydrazine groups is 1. The van der Waals surface area contributed by atoms with Crippen molar-refractivity contribution in [1.82, 2.24) is 14.3 Å². The maximum atomic E-state index is 12.8. The molecular formula is C15H23N3O5S2. The average Bonchev–Trinajstić information content (AvgIpc) is 2.86. The molecule has 1 fully saturated rings. The first-order valence-corrected chi connectivity index (χ1v) is 11.0. The van der Waals surface area contributed by atoms with Gasteiger partial charge >= 0.3 is 0 Å². The Hall–Kier alpha value is -1.49. The summed E-state index contributed by atoms with van der Waals surface area (Å²) in [5, 5.41) is 2.98. The summed E-state index contributed by atoms with van der Waals surface area (Å²) in [5.41, 5.74) is 0.302. The van der Waals surface area contributed by atoms with Crippen molar-refractivity contribution < 1.29 is 21.6 Å². The number of rotatable bonds is 5. The highest BCUT2D eigenvalue weighted by Gasteiger charge is 2.36. The maximum Gasteiger partial charge on any atom is 0.268 e. The van der Waals surface area contributed by atoms with Crippen molar-refractivity contribution in [2.75, 3.05) is 39.7 Å². The van der Waals surface area contributed by atoms with Gasteiger partial charge in [0.2, 0.25) is 10.0 Å². The molecule has 1 aliphatic rings. The van der Waals surface area contributed by atoms with E-state index in [4.69, 9.17) is 0 Å². The van der Waals surface area contributed by atoms with Crippen LogP contribution in [-0.2, 0) is 19.9 Å². The predicted molar refractivity (Wildman–Crippen MR) is 94.2 cm³/mol. The van der Waals surface area contributed by atoms with Crippen LogP contribution in [0.4, 0.5) is 0 Å². The Labute approximate surface area is 149 Å². The molecule has 2 rings (SSSR count). The van der Waals surface area contributed by atoms with Gasteiger partial charge in [0.15, 0.2) is 9.84 Å². The van der Waals surface area contributed by atoms with Crippen LogP contribution < -0.4 is 0 Å². The summed E-state index contributed by atoms with van der Waals surface area (Å²) in [6.07, 6.45) is 0.388. The fourth-order valence-corrected chi connectivity index (χ4v) is 5.35. The Morgan fingerprint density at radius 1 is 1.08 bits per heavy atom. The van der Waals surface area contributed by atoms with Crippen molar-refractivity contribution >= 4 is 25.8 Å². The summed E-state index contributed by atoms with van der Waals surface area (Å²) < 4.78 is 48.7. The molecule has 0 spiro atoms. The van der Waals surface area contributed by atoms with Crippen LogP contribution in [0.3, 0.4) is 0 Å². The fourth-order valence-electron chi connectivity index (χ4n) is 2.75. The molecule has 1 saturated heterocycles. The van der Waals surface area contributed by atoms with Crippen LogP contribution in [0.5, 0.6) is 0 Å². The lowest BCUT2D eigenvalue weighted by atomic mass is 10.1. The number of carbonyl (C=O) groups is 1. The molecule has 0 aromatic heterocycles. The summed E-state index contributed by atoms with van der Waals surface area (Å²) in [6, 6.07) is 5.22. The van der Waals surface area contributed by atoms with E-state index in [1.807, 2.05) is 0 Å².